The largest absolute Gasteiger partial charge is 0.244 e. The second kappa shape index (κ2) is 3.77. The Kier molecular flexibility index (Phi) is 2.79. The van der Waals surface area contributed by atoms with Crippen LogP contribution in [-0.4, -0.2) is 14.8 Å². The zero-order valence-electron chi connectivity index (χ0n) is 7.83. The third-order valence-corrected chi connectivity index (χ3v) is 3.19. The fourth-order valence-corrected chi connectivity index (χ4v) is 2.28. The first-order valence-electron chi connectivity index (χ1n) is 4.29. The molecule has 0 aliphatic carbocycles. The fraction of sp³-hybridized carbons (Fsp3) is 0.333. The van der Waals surface area contributed by atoms with Crippen molar-refractivity contribution >= 4 is 49.6 Å². The van der Waals surface area contributed by atoms with E-state index < -0.39 is 0 Å². The molecule has 0 amide bonds. The topological polar surface area (TPSA) is 30.7 Å². The second-order valence-electron chi connectivity index (χ2n) is 3.35. The monoisotopic (exact) mass is 365 g/mol. The van der Waals surface area contributed by atoms with Gasteiger partial charge in [0.15, 0.2) is 5.65 Å². The van der Waals surface area contributed by atoms with Crippen molar-refractivity contribution in [2.24, 2.45) is 0 Å². The van der Waals surface area contributed by atoms with Crippen LogP contribution in [0.4, 0.5) is 0 Å². The van der Waals surface area contributed by atoms with Crippen molar-refractivity contribution in [3.05, 3.63) is 20.4 Å². The molecule has 2 rings (SSSR count). The summed E-state index contributed by atoms with van der Waals surface area (Å²) >= 11 is 5.65. The van der Waals surface area contributed by atoms with Gasteiger partial charge in [-0.15, -0.1) is 0 Å². The highest BCUT2D eigenvalue weighted by Crippen LogP contribution is 2.23. The molecule has 0 bridgehead atoms. The maximum Gasteiger partial charge on any atom is 0.159 e. The number of hydrogen-bond acceptors (Lipinski definition) is 2. The molecule has 0 N–H and O–H groups in total. The van der Waals surface area contributed by atoms with Crippen LogP contribution in [0.25, 0.3) is 11.0 Å². The summed E-state index contributed by atoms with van der Waals surface area (Å²) in [4.78, 5) is 4.37. The van der Waals surface area contributed by atoms with Crippen LogP contribution in [0.5, 0.6) is 0 Å². The minimum absolute atomic E-state index is 0.342. The molecule has 0 radical (unpaired) electrons. The quantitative estimate of drug-likeness (QED) is 0.725. The van der Waals surface area contributed by atoms with Gasteiger partial charge in [-0.25, -0.2) is 9.67 Å². The fourth-order valence-electron chi connectivity index (χ4n) is 1.32. The Balaban J connectivity index is 2.77. The second-order valence-corrected chi connectivity index (χ2v) is 5.29. The van der Waals surface area contributed by atoms with Gasteiger partial charge in [0.25, 0.3) is 0 Å². The predicted octanol–water partition coefficient (Wildman–Crippen LogP) is 3.38. The molecule has 0 atom stereocenters. The number of pyridine rings is 1. The average molecular weight is 366 g/mol. The van der Waals surface area contributed by atoms with Crippen molar-refractivity contribution in [2.75, 3.05) is 0 Å². The van der Waals surface area contributed by atoms with Gasteiger partial charge >= 0.3 is 0 Å². The summed E-state index contributed by atoms with van der Waals surface area (Å²) < 4.78 is 3.94. The van der Waals surface area contributed by atoms with Crippen LogP contribution in [0, 0.1) is 3.70 Å². The molecule has 14 heavy (non-hydrogen) atoms. The van der Waals surface area contributed by atoms with E-state index in [0.29, 0.717) is 6.04 Å². The van der Waals surface area contributed by atoms with E-state index in [-0.39, 0.29) is 0 Å². The van der Waals surface area contributed by atoms with Crippen LogP contribution in [0.1, 0.15) is 19.9 Å². The molecule has 0 fully saturated rings. The number of hydrogen-bond donors (Lipinski definition) is 0. The number of aromatic nitrogens is 3. The van der Waals surface area contributed by atoms with Crippen molar-refractivity contribution in [2.45, 2.75) is 19.9 Å². The molecule has 74 valence electrons. The van der Waals surface area contributed by atoms with Crippen molar-refractivity contribution in [1.29, 1.82) is 0 Å². The van der Waals surface area contributed by atoms with Gasteiger partial charge in [0.2, 0.25) is 0 Å². The van der Waals surface area contributed by atoms with Crippen LogP contribution in [0.2, 0.25) is 0 Å². The van der Waals surface area contributed by atoms with Crippen molar-refractivity contribution in [3.63, 3.8) is 0 Å². The molecule has 0 aliphatic rings. The lowest BCUT2D eigenvalue weighted by atomic mass is 10.3. The van der Waals surface area contributed by atoms with Crippen LogP contribution in [0.3, 0.4) is 0 Å². The molecule has 2 aromatic heterocycles. The summed E-state index contributed by atoms with van der Waals surface area (Å²) in [6.07, 6.45) is 1.80. The summed E-state index contributed by atoms with van der Waals surface area (Å²) in [5, 5.41) is 5.56. The Bertz CT molecular complexity index is 478. The summed E-state index contributed by atoms with van der Waals surface area (Å²) in [7, 11) is 0. The molecule has 2 heterocycles. The summed E-state index contributed by atoms with van der Waals surface area (Å²) in [5.41, 5.74) is 0.951. The van der Waals surface area contributed by atoms with Gasteiger partial charge in [-0.2, -0.15) is 5.10 Å². The maximum atomic E-state index is 4.45. The van der Waals surface area contributed by atoms with E-state index in [1.165, 1.54) is 0 Å². The zero-order valence-corrected chi connectivity index (χ0v) is 11.6. The highest BCUT2D eigenvalue weighted by atomic mass is 127. The molecule has 3 nitrogen and oxygen atoms in total. The molecule has 0 saturated heterocycles. The predicted molar refractivity (Wildman–Crippen MR) is 68.3 cm³/mol. The third kappa shape index (κ3) is 1.67. The summed E-state index contributed by atoms with van der Waals surface area (Å²) in [6.45, 7) is 4.21. The Morgan fingerprint density at radius 1 is 1.50 bits per heavy atom. The van der Waals surface area contributed by atoms with Gasteiger partial charge in [-0.1, -0.05) is 0 Å². The van der Waals surface area contributed by atoms with E-state index in [1.807, 2.05) is 4.68 Å². The molecule has 0 aliphatic heterocycles. The van der Waals surface area contributed by atoms with E-state index in [2.05, 4.69) is 68.5 Å². The van der Waals surface area contributed by atoms with Crippen LogP contribution < -0.4 is 0 Å². The first-order valence-corrected chi connectivity index (χ1v) is 6.16. The highest BCUT2D eigenvalue weighted by Gasteiger charge is 2.11. The van der Waals surface area contributed by atoms with E-state index in [4.69, 9.17) is 0 Å². The van der Waals surface area contributed by atoms with E-state index >= 15 is 0 Å². The molecule has 0 saturated carbocycles. The van der Waals surface area contributed by atoms with Crippen LogP contribution in [0.15, 0.2) is 16.7 Å². The lowest BCUT2D eigenvalue weighted by Crippen LogP contribution is -2.03. The standard InChI is InChI=1S/C9H9BrIN3/c1-5(2)14-9-7(8(11)13-14)3-6(10)4-12-9/h3-5H,1-2H3. The lowest BCUT2D eigenvalue weighted by Gasteiger charge is -2.05. The van der Waals surface area contributed by atoms with Gasteiger partial charge in [0, 0.05) is 16.7 Å². The molecule has 5 heteroatoms. The van der Waals surface area contributed by atoms with Crippen LogP contribution in [-0.2, 0) is 0 Å². The maximum absolute atomic E-state index is 4.45. The number of halogens is 2. The minimum Gasteiger partial charge on any atom is -0.244 e. The molecule has 0 spiro atoms. The summed E-state index contributed by atoms with van der Waals surface area (Å²) in [5.74, 6) is 0. The average Bonchev–Trinajstić information content (AvgIpc) is 2.44. The van der Waals surface area contributed by atoms with Crippen molar-refractivity contribution in [3.8, 4) is 0 Å². The highest BCUT2D eigenvalue weighted by molar-refractivity contribution is 14.1. The Hall–Kier alpha value is -0.170. The van der Waals surface area contributed by atoms with E-state index in [9.17, 15) is 0 Å². The SMILES string of the molecule is CC(C)n1nc(I)c2cc(Br)cnc21. The van der Waals surface area contributed by atoms with Crippen molar-refractivity contribution < 1.29 is 0 Å². The van der Waals surface area contributed by atoms with Gasteiger partial charge in [0.1, 0.15) is 3.70 Å². The first kappa shape index (κ1) is 10.4. The Morgan fingerprint density at radius 3 is 2.86 bits per heavy atom. The number of nitrogens with zero attached hydrogens (tertiary/aromatic N) is 3. The lowest BCUT2D eigenvalue weighted by molar-refractivity contribution is 0.543. The van der Waals surface area contributed by atoms with E-state index in [0.717, 1.165) is 19.2 Å². The van der Waals surface area contributed by atoms with E-state index in [1.54, 1.807) is 6.20 Å². The third-order valence-electron chi connectivity index (χ3n) is 1.96. The Labute approximate surface area is 104 Å². The number of rotatable bonds is 1. The summed E-state index contributed by atoms with van der Waals surface area (Å²) in [6, 6.07) is 2.39. The number of fused-ring (bicyclic) bond motifs is 1. The molecule has 0 aromatic carbocycles. The van der Waals surface area contributed by atoms with Gasteiger partial charge in [-0.05, 0) is 58.4 Å². The zero-order chi connectivity index (χ0) is 10.3. The smallest absolute Gasteiger partial charge is 0.159 e. The van der Waals surface area contributed by atoms with Crippen molar-refractivity contribution in [1.82, 2.24) is 14.8 Å². The molecular weight excluding hydrogens is 357 g/mol. The van der Waals surface area contributed by atoms with Gasteiger partial charge in [-0.3, -0.25) is 0 Å². The molecular formula is C9H9BrIN3. The molecule has 2 aromatic rings. The normalized spacial score (nSPS) is 11.5. The van der Waals surface area contributed by atoms with Gasteiger partial charge < -0.3 is 0 Å². The van der Waals surface area contributed by atoms with Gasteiger partial charge in [0.05, 0.1) is 5.39 Å². The minimum atomic E-state index is 0.342. The Morgan fingerprint density at radius 2 is 2.21 bits per heavy atom. The van der Waals surface area contributed by atoms with Crippen LogP contribution >= 0.6 is 38.5 Å². The molecule has 0 unspecified atom stereocenters. The first-order chi connectivity index (χ1) is 6.59.